The molecule has 0 radical (unpaired) electrons. The lowest BCUT2D eigenvalue weighted by atomic mass is 10.3. The molecule has 2 N–H and O–H groups in total. The molecule has 90 valence electrons. The number of nitrogens with zero attached hydrogens (tertiary/aromatic N) is 1. The lowest BCUT2D eigenvalue weighted by Gasteiger charge is -2.06. The van der Waals surface area contributed by atoms with Crippen molar-refractivity contribution in [3.63, 3.8) is 0 Å². The molecule has 1 aromatic heterocycles. The smallest absolute Gasteiger partial charge is 0.222 e. The molecule has 0 aliphatic rings. The van der Waals surface area contributed by atoms with Crippen LogP contribution < -0.4 is 15.2 Å². The number of rotatable bonds is 5. The van der Waals surface area contributed by atoms with Crippen LogP contribution in [0.25, 0.3) is 0 Å². The third-order valence-corrected chi connectivity index (χ3v) is 2.08. The Bertz CT molecular complexity index is 482. The van der Waals surface area contributed by atoms with Gasteiger partial charge >= 0.3 is 0 Å². The first kappa shape index (κ1) is 11.3. The van der Waals surface area contributed by atoms with E-state index in [0.29, 0.717) is 18.9 Å². The molecule has 0 fully saturated rings. The molecule has 0 spiro atoms. The standard InChI is InChI=1S/C12H14N2O3/c1-2-15-10-4-3-5-11(7-10)16-8-9-6-12(13)17-14-9/h3-7H,2,8,13H2,1H3. The SMILES string of the molecule is CCOc1cccc(OCc2cc(N)on2)c1. The number of benzene rings is 1. The minimum absolute atomic E-state index is 0.284. The topological polar surface area (TPSA) is 70.5 Å². The summed E-state index contributed by atoms with van der Waals surface area (Å²) in [5, 5.41) is 3.73. The van der Waals surface area contributed by atoms with Crippen molar-refractivity contribution in [3.05, 3.63) is 36.0 Å². The van der Waals surface area contributed by atoms with E-state index >= 15 is 0 Å². The average Bonchev–Trinajstić information content (AvgIpc) is 2.74. The molecule has 0 bridgehead atoms. The lowest BCUT2D eigenvalue weighted by Crippen LogP contribution is -1.96. The summed E-state index contributed by atoms with van der Waals surface area (Å²) in [7, 11) is 0. The molecule has 2 rings (SSSR count). The molecule has 0 atom stereocenters. The van der Waals surface area contributed by atoms with E-state index in [1.807, 2.05) is 31.2 Å². The molecule has 0 aliphatic heterocycles. The van der Waals surface area contributed by atoms with Gasteiger partial charge in [-0.3, -0.25) is 0 Å². The van der Waals surface area contributed by atoms with Crippen molar-refractivity contribution >= 4 is 5.88 Å². The fourth-order valence-corrected chi connectivity index (χ4v) is 1.37. The van der Waals surface area contributed by atoms with E-state index in [-0.39, 0.29) is 5.88 Å². The zero-order valence-electron chi connectivity index (χ0n) is 9.55. The van der Waals surface area contributed by atoms with E-state index < -0.39 is 0 Å². The van der Waals surface area contributed by atoms with E-state index in [1.54, 1.807) is 6.07 Å². The molecule has 5 nitrogen and oxygen atoms in total. The highest BCUT2D eigenvalue weighted by Crippen LogP contribution is 2.20. The van der Waals surface area contributed by atoms with Crippen molar-refractivity contribution < 1.29 is 14.0 Å². The van der Waals surface area contributed by atoms with Crippen LogP contribution in [0.3, 0.4) is 0 Å². The molecule has 0 aliphatic carbocycles. The largest absolute Gasteiger partial charge is 0.494 e. The summed E-state index contributed by atoms with van der Waals surface area (Å²) in [4.78, 5) is 0. The zero-order valence-corrected chi connectivity index (χ0v) is 9.55. The molecule has 0 amide bonds. The van der Waals surface area contributed by atoms with Crippen LogP contribution in [0.15, 0.2) is 34.9 Å². The van der Waals surface area contributed by atoms with Gasteiger partial charge in [-0.1, -0.05) is 11.2 Å². The maximum absolute atomic E-state index is 5.53. The Kier molecular flexibility index (Phi) is 3.49. The van der Waals surface area contributed by atoms with Crippen molar-refractivity contribution in [2.75, 3.05) is 12.3 Å². The van der Waals surface area contributed by atoms with Gasteiger partial charge in [0.1, 0.15) is 23.8 Å². The maximum atomic E-state index is 5.53. The van der Waals surface area contributed by atoms with E-state index in [2.05, 4.69) is 5.16 Å². The monoisotopic (exact) mass is 234 g/mol. The Morgan fingerprint density at radius 3 is 2.65 bits per heavy atom. The van der Waals surface area contributed by atoms with Gasteiger partial charge in [-0.15, -0.1) is 0 Å². The minimum atomic E-state index is 0.284. The average molecular weight is 234 g/mol. The van der Waals surface area contributed by atoms with E-state index in [9.17, 15) is 0 Å². The van der Waals surface area contributed by atoms with E-state index in [0.717, 1.165) is 11.5 Å². The fourth-order valence-electron chi connectivity index (χ4n) is 1.37. The van der Waals surface area contributed by atoms with E-state index in [1.165, 1.54) is 0 Å². The van der Waals surface area contributed by atoms with Crippen LogP contribution in [0.1, 0.15) is 12.6 Å². The first-order valence-corrected chi connectivity index (χ1v) is 5.34. The first-order chi connectivity index (χ1) is 8.28. The van der Waals surface area contributed by atoms with Crippen molar-refractivity contribution in [2.24, 2.45) is 0 Å². The normalized spacial score (nSPS) is 10.2. The van der Waals surface area contributed by atoms with Gasteiger partial charge in [-0.25, -0.2) is 0 Å². The minimum Gasteiger partial charge on any atom is -0.494 e. The lowest BCUT2D eigenvalue weighted by molar-refractivity contribution is 0.286. The number of nitrogen functional groups attached to an aromatic ring is 1. The molecule has 0 saturated carbocycles. The molecule has 2 aromatic rings. The van der Waals surface area contributed by atoms with Crippen molar-refractivity contribution in [1.82, 2.24) is 5.16 Å². The van der Waals surface area contributed by atoms with E-state index in [4.69, 9.17) is 19.7 Å². The first-order valence-electron chi connectivity index (χ1n) is 5.34. The molecule has 1 heterocycles. The quantitative estimate of drug-likeness (QED) is 0.859. The highest BCUT2D eigenvalue weighted by atomic mass is 16.5. The Morgan fingerprint density at radius 2 is 2.00 bits per heavy atom. The van der Waals surface area contributed by atoms with Crippen LogP contribution in [0, 0.1) is 0 Å². The summed E-state index contributed by atoms with van der Waals surface area (Å²) in [5.74, 6) is 1.79. The number of anilines is 1. The molecular formula is C12H14N2O3. The van der Waals surface area contributed by atoms with Crippen LogP contribution >= 0.6 is 0 Å². The van der Waals surface area contributed by atoms with Gasteiger partial charge in [0.05, 0.1) is 6.61 Å². The Labute approximate surface area is 99.1 Å². The van der Waals surface area contributed by atoms with Gasteiger partial charge in [0.2, 0.25) is 5.88 Å². The highest BCUT2D eigenvalue weighted by Gasteiger charge is 2.02. The predicted octanol–water partition coefficient (Wildman–Crippen LogP) is 2.23. The molecule has 0 unspecified atom stereocenters. The third kappa shape index (κ3) is 3.14. The van der Waals surface area contributed by atoms with Crippen molar-refractivity contribution in [3.8, 4) is 11.5 Å². The number of ether oxygens (including phenoxy) is 2. The van der Waals surface area contributed by atoms with Crippen LogP contribution in [0.2, 0.25) is 0 Å². The highest BCUT2D eigenvalue weighted by molar-refractivity contribution is 5.33. The predicted molar refractivity (Wildman–Crippen MR) is 62.9 cm³/mol. The number of hydrogen-bond acceptors (Lipinski definition) is 5. The van der Waals surface area contributed by atoms with Crippen LogP contribution in [-0.2, 0) is 6.61 Å². The maximum Gasteiger partial charge on any atom is 0.222 e. The molecular weight excluding hydrogens is 220 g/mol. The van der Waals surface area contributed by atoms with Gasteiger partial charge in [0, 0.05) is 12.1 Å². The van der Waals surface area contributed by atoms with Gasteiger partial charge in [0.15, 0.2) is 0 Å². The van der Waals surface area contributed by atoms with Gasteiger partial charge < -0.3 is 19.7 Å². The van der Waals surface area contributed by atoms with Gasteiger partial charge in [-0.2, -0.15) is 0 Å². The number of aromatic nitrogens is 1. The molecule has 0 saturated heterocycles. The molecule has 5 heteroatoms. The number of hydrogen-bond donors (Lipinski definition) is 1. The molecule has 1 aromatic carbocycles. The Balaban J connectivity index is 1.96. The Morgan fingerprint density at radius 1 is 1.24 bits per heavy atom. The summed E-state index contributed by atoms with van der Waals surface area (Å²) < 4.78 is 15.6. The third-order valence-electron chi connectivity index (χ3n) is 2.08. The Hall–Kier alpha value is -2.17. The molecule has 17 heavy (non-hydrogen) atoms. The van der Waals surface area contributed by atoms with Gasteiger partial charge in [-0.05, 0) is 19.1 Å². The van der Waals surface area contributed by atoms with Crippen LogP contribution in [0.4, 0.5) is 5.88 Å². The van der Waals surface area contributed by atoms with Crippen LogP contribution in [0.5, 0.6) is 11.5 Å². The summed E-state index contributed by atoms with van der Waals surface area (Å²) in [6, 6.07) is 9.06. The van der Waals surface area contributed by atoms with Gasteiger partial charge in [0.25, 0.3) is 0 Å². The summed E-state index contributed by atoms with van der Waals surface area (Å²) in [5.41, 5.74) is 6.06. The summed E-state index contributed by atoms with van der Waals surface area (Å²) in [6.45, 7) is 2.88. The van der Waals surface area contributed by atoms with Crippen molar-refractivity contribution in [1.29, 1.82) is 0 Å². The fraction of sp³-hybridized carbons (Fsp3) is 0.250. The second kappa shape index (κ2) is 5.25. The second-order valence-electron chi connectivity index (χ2n) is 3.42. The summed E-state index contributed by atoms with van der Waals surface area (Å²) in [6.07, 6.45) is 0. The second-order valence-corrected chi connectivity index (χ2v) is 3.42. The van der Waals surface area contributed by atoms with Crippen LogP contribution in [-0.4, -0.2) is 11.8 Å². The number of nitrogens with two attached hydrogens (primary N) is 1. The van der Waals surface area contributed by atoms with Crippen molar-refractivity contribution in [2.45, 2.75) is 13.5 Å². The summed E-state index contributed by atoms with van der Waals surface area (Å²) >= 11 is 0. The zero-order chi connectivity index (χ0) is 12.1.